The zero-order valence-electron chi connectivity index (χ0n) is 14.9. The molecule has 2 aliphatic rings. The van der Waals surface area contributed by atoms with Crippen molar-refractivity contribution in [1.82, 2.24) is 9.80 Å². The number of amides is 1. The predicted octanol–water partition coefficient (Wildman–Crippen LogP) is 2.52. The van der Waals surface area contributed by atoms with Crippen molar-refractivity contribution in [3.05, 3.63) is 35.9 Å². The number of benzene rings is 1. The van der Waals surface area contributed by atoms with Gasteiger partial charge in [-0.25, -0.2) is 0 Å². The van der Waals surface area contributed by atoms with Crippen LogP contribution in [0.5, 0.6) is 0 Å². The van der Waals surface area contributed by atoms with Crippen LogP contribution in [0, 0.1) is 11.3 Å². The molecule has 3 rings (SSSR count). The number of rotatable bonds is 3. The van der Waals surface area contributed by atoms with Crippen LogP contribution in [-0.4, -0.2) is 53.1 Å². The molecule has 0 bridgehead atoms. The highest BCUT2D eigenvalue weighted by Gasteiger charge is 2.41. The maximum atomic E-state index is 13.0. The summed E-state index contributed by atoms with van der Waals surface area (Å²) in [7, 11) is 0. The first kappa shape index (κ1) is 17.4. The quantitative estimate of drug-likeness (QED) is 0.926. The van der Waals surface area contributed by atoms with Gasteiger partial charge >= 0.3 is 0 Å². The second-order valence-corrected chi connectivity index (χ2v) is 7.91. The standard InChI is InChI=1S/C20H30N2O2/c1-16-8-11-22(15-18(16)23)19(24)20(2)9-12-21(13-10-20)14-17-6-4-3-5-7-17/h3-7,16,18,23H,8-15H2,1-2H3/t16-,18-/m0/s1. The number of β-amino-alcohol motifs (C(OH)–C–C–N with tert-alkyl or cyclic N) is 1. The van der Waals surface area contributed by atoms with Gasteiger partial charge in [0.15, 0.2) is 0 Å². The van der Waals surface area contributed by atoms with Crippen LogP contribution in [-0.2, 0) is 11.3 Å². The van der Waals surface area contributed by atoms with E-state index in [4.69, 9.17) is 0 Å². The molecule has 2 atom stereocenters. The molecule has 2 fully saturated rings. The lowest BCUT2D eigenvalue weighted by Gasteiger charge is -2.43. The summed E-state index contributed by atoms with van der Waals surface area (Å²) < 4.78 is 0. The lowest BCUT2D eigenvalue weighted by Crippen LogP contribution is -2.53. The summed E-state index contributed by atoms with van der Waals surface area (Å²) in [5.74, 6) is 0.544. The maximum absolute atomic E-state index is 13.0. The van der Waals surface area contributed by atoms with E-state index in [1.165, 1.54) is 5.56 Å². The van der Waals surface area contributed by atoms with Gasteiger partial charge in [-0.1, -0.05) is 44.2 Å². The van der Waals surface area contributed by atoms with Gasteiger partial charge in [0.2, 0.25) is 5.91 Å². The fourth-order valence-corrected chi connectivity index (χ4v) is 3.88. The van der Waals surface area contributed by atoms with E-state index in [9.17, 15) is 9.90 Å². The van der Waals surface area contributed by atoms with Gasteiger partial charge in [0, 0.05) is 25.0 Å². The van der Waals surface area contributed by atoms with Crippen molar-refractivity contribution in [1.29, 1.82) is 0 Å². The number of piperidine rings is 2. The third-order valence-corrected chi connectivity index (χ3v) is 5.93. The van der Waals surface area contributed by atoms with Crippen LogP contribution < -0.4 is 0 Å². The van der Waals surface area contributed by atoms with Gasteiger partial charge in [0.05, 0.1) is 6.10 Å². The van der Waals surface area contributed by atoms with Crippen LogP contribution >= 0.6 is 0 Å². The molecule has 0 aromatic heterocycles. The number of aliphatic hydroxyl groups excluding tert-OH is 1. The Morgan fingerprint density at radius 2 is 1.88 bits per heavy atom. The van der Waals surface area contributed by atoms with Crippen LogP contribution in [0.15, 0.2) is 30.3 Å². The monoisotopic (exact) mass is 330 g/mol. The molecule has 4 heteroatoms. The maximum Gasteiger partial charge on any atom is 0.228 e. The number of carbonyl (C=O) groups excluding carboxylic acids is 1. The average Bonchev–Trinajstić information content (AvgIpc) is 2.60. The van der Waals surface area contributed by atoms with Crippen LogP contribution in [0.3, 0.4) is 0 Å². The minimum atomic E-state index is -0.371. The molecule has 2 saturated heterocycles. The van der Waals surface area contributed by atoms with E-state index in [0.717, 1.165) is 45.4 Å². The van der Waals surface area contributed by atoms with Crippen molar-refractivity contribution >= 4 is 5.91 Å². The lowest BCUT2D eigenvalue weighted by molar-refractivity contribution is -0.148. The molecule has 1 N–H and O–H groups in total. The van der Waals surface area contributed by atoms with Crippen molar-refractivity contribution in [2.75, 3.05) is 26.2 Å². The Hall–Kier alpha value is -1.39. The molecule has 0 radical (unpaired) electrons. The zero-order chi connectivity index (χ0) is 17.2. The zero-order valence-corrected chi connectivity index (χ0v) is 14.9. The number of nitrogens with zero attached hydrogens (tertiary/aromatic N) is 2. The van der Waals surface area contributed by atoms with Crippen LogP contribution in [0.4, 0.5) is 0 Å². The van der Waals surface area contributed by atoms with Crippen molar-refractivity contribution in [2.45, 2.75) is 45.8 Å². The first-order valence-electron chi connectivity index (χ1n) is 9.22. The van der Waals surface area contributed by atoms with Gasteiger partial charge in [-0.05, 0) is 43.8 Å². The molecule has 132 valence electrons. The topological polar surface area (TPSA) is 43.8 Å². The number of hydrogen-bond donors (Lipinski definition) is 1. The Balaban J connectivity index is 1.55. The molecule has 24 heavy (non-hydrogen) atoms. The van der Waals surface area contributed by atoms with Gasteiger partial charge in [-0.2, -0.15) is 0 Å². The molecular weight excluding hydrogens is 300 g/mol. The Bertz CT molecular complexity index is 552. The number of likely N-dealkylation sites (tertiary alicyclic amines) is 2. The van der Waals surface area contributed by atoms with Gasteiger partial charge in [-0.15, -0.1) is 0 Å². The fraction of sp³-hybridized carbons (Fsp3) is 0.650. The Labute approximate surface area is 145 Å². The first-order valence-corrected chi connectivity index (χ1v) is 9.22. The molecular formula is C20H30N2O2. The van der Waals surface area contributed by atoms with Crippen molar-refractivity contribution < 1.29 is 9.90 Å². The van der Waals surface area contributed by atoms with Crippen LogP contribution in [0.25, 0.3) is 0 Å². The van der Waals surface area contributed by atoms with Gasteiger partial charge in [0.1, 0.15) is 0 Å². The third-order valence-electron chi connectivity index (χ3n) is 5.93. The highest BCUT2D eigenvalue weighted by molar-refractivity contribution is 5.82. The summed E-state index contributed by atoms with van der Waals surface area (Å²) in [6.45, 7) is 8.36. The SMILES string of the molecule is C[C@H]1CCN(C(=O)C2(C)CCN(Cc3ccccc3)CC2)C[C@@H]1O. The summed E-state index contributed by atoms with van der Waals surface area (Å²) >= 11 is 0. The molecule has 0 unspecified atom stereocenters. The lowest BCUT2D eigenvalue weighted by atomic mass is 9.78. The molecule has 2 aliphatic heterocycles. The second-order valence-electron chi connectivity index (χ2n) is 7.91. The summed E-state index contributed by atoms with van der Waals surface area (Å²) in [6.07, 6.45) is 2.34. The van der Waals surface area contributed by atoms with Crippen LogP contribution in [0.2, 0.25) is 0 Å². The van der Waals surface area contributed by atoms with Gasteiger partial charge in [0.25, 0.3) is 0 Å². The highest BCUT2D eigenvalue weighted by atomic mass is 16.3. The third kappa shape index (κ3) is 3.81. The molecule has 1 aromatic rings. The molecule has 1 amide bonds. The van der Waals surface area contributed by atoms with Gasteiger partial charge < -0.3 is 10.0 Å². The predicted molar refractivity (Wildman–Crippen MR) is 95.4 cm³/mol. The Morgan fingerprint density at radius 3 is 2.50 bits per heavy atom. The minimum absolute atomic E-state index is 0.243. The largest absolute Gasteiger partial charge is 0.391 e. The summed E-state index contributed by atoms with van der Waals surface area (Å²) in [6, 6.07) is 10.5. The van der Waals surface area contributed by atoms with E-state index in [1.807, 2.05) is 11.0 Å². The molecule has 2 heterocycles. The summed E-state index contributed by atoms with van der Waals surface area (Å²) in [5.41, 5.74) is 1.06. The van der Waals surface area contributed by atoms with E-state index in [-0.39, 0.29) is 17.4 Å². The summed E-state index contributed by atoms with van der Waals surface area (Å²) in [4.78, 5) is 17.3. The molecule has 0 saturated carbocycles. The van der Waals surface area contributed by atoms with E-state index in [2.05, 4.69) is 43.0 Å². The van der Waals surface area contributed by atoms with E-state index in [0.29, 0.717) is 12.5 Å². The molecule has 0 aliphatic carbocycles. The Kier molecular flexibility index (Phi) is 5.26. The molecule has 0 spiro atoms. The normalized spacial score (nSPS) is 27.9. The summed E-state index contributed by atoms with van der Waals surface area (Å²) in [5, 5.41) is 10.1. The first-order chi connectivity index (χ1) is 11.5. The van der Waals surface area contributed by atoms with Crippen molar-refractivity contribution in [3.63, 3.8) is 0 Å². The van der Waals surface area contributed by atoms with Crippen LogP contribution in [0.1, 0.15) is 38.7 Å². The smallest absolute Gasteiger partial charge is 0.228 e. The van der Waals surface area contributed by atoms with Crippen molar-refractivity contribution in [3.8, 4) is 0 Å². The number of carbonyl (C=O) groups is 1. The van der Waals surface area contributed by atoms with E-state index >= 15 is 0 Å². The number of hydrogen-bond acceptors (Lipinski definition) is 3. The van der Waals surface area contributed by atoms with E-state index in [1.54, 1.807) is 0 Å². The van der Waals surface area contributed by atoms with Gasteiger partial charge in [-0.3, -0.25) is 9.69 Å². The second kappa shape index (κ2) is 7.24. The van der Waals surface area contributed by atoms with E-state index < -0.39 is 0 Å². The molecule has 1 aromatic carbocycles. The Morgan fingerprint density at radius 1 is 1.21 bits per heavy atom. The average molecular weight is 330 g/mol. The van der Waals surface area contributed by atoms with Crippen molar-refractivity contribution in [2.24, 2.45) is 11.3 Å². The highest BCUT2D eigenvalue weighted by Crippen LogP contribution is 2.34. The number of aliphatic hydroxyl groups is 1. The fourth-order valence-electron chi connectivity index (χ4n) is 3.88. The molecule has 4 nitrogen and oxygen atoms in total. The minimum Gasteiger partial charge on any atom is -0.391 e.